The maximum Gasteiger partial charge on any atom is 0.319 e. The molecule has 2 aliphatic heterocycles. The highest BCUT2D eigenvalue weighted by Gasteiger charge is 2.44. The first-order valence-electron chi connectivity index (χ1n) is 10.1. The van der Waals surface area contributed by atoms with Crippen molar-refractivity contribution in [1.29, 1.82) is 0 Å². The molecule has 1 aliphatic carbocycles. The number of morpholine rings is 1. The number of aromatic nitrogens is 1. The molecule has 1 saturated heterocycles. The fraction of sp³-hybridized carbons (Fsp3) is 0.600. The van der Waals surface area contributed by atoms with Crippen LogP contribution in [0.2, 0.25) is 5.02 Å². The molecule has 2 fully saturated rings. The number of rotatable bonds is 2. The Balaban J connectivity index is 1.60. The van der Waals surface area contributed by atoms with Gasteiger partial charge in [-0.25, -0.2) is 9.78 Å². The molecule has 2 aromatic rings. The highest BCUT2D eigenvalue weighted by atomic mass is 35.5. The molecule has 1 atom stereocenters. The van der Waals surface area contributed by atoms with Crippen LogP contribution in [0, 0.1) is 0 Å². The summed E-state index contributed by atoms with van der Waals surface area (Å²) in [5.74, 6) is 0.677. The number of amides is 2. The second kappa shape index (κ2) is 6.90. The quantitative estimate of drug-likeness (QED) is 0.790. The van der Waals surface area contributed by atoms with Crippen LogP contribution in [-0.4, -0.2) is 41.7 Å². The van der Waals surface area contributed by atoms with Gasteiger partial charge in [0.1, 0.15) is 5.52 Å². The summed E-state index contributed by atoms with van der Waals surface area (Å²) in [6.45, 7) is 5.10. The number of hydrogen-bond donors (Lipinski definition) is 2. The summed E-state index contributed by atoms with van der Waals surface area (Å²) in [6.07, 6.45) is 5.10. The Labute approximate surface area is 168 Å². The minimum Gasteiger partial charge on any atom is -0.439 e. The number of ether oxygens (including phenoxy) is 1. The number of nitrogens with one attached hydrogen (secondary N) is 2. The number of halogens is 1. The van der Waals surface area contributed by atoms with E-state index in [0.717, 1.165) is 62.1 Å². The Morgan fingerprint density at radius 2 is 2.18 bits per heavy atom. The van der Waals surface area contributed by atoms with Crippen LogP contribution in [0.1, 0.15) is 50.5 Å². The van der Waals surface area contributed by atoms with Crippen molar-refractivity contribution >= 4 is 34.4 Å². The molecule has 3 heterocycles. The zero-order chi connectivity index (χ0) is 19.3. The highest BCUT2D eigenvalue weighted by molar-refractivity contribution is 6.35. The Morgan fingerprint density at radius 1 is 1.36 bits per heavy atom. The zero-order valence-corrected chi connectivity index (χ0v) is 16.8. The van der Waals surface area contributed by atoms with E-state index in [1.165, 1.54) is 6.42 Å². The van der Waals surface area contributed by atoms with Gasteiger partial charge in [-0.05, 0) is 25.8 Å². The molecule has 1 spiro atoms. The molecule has 28 heavy (non-hydrogen) atoms. The van der Waals surface area contributed by atoms with Gasteiger partial charge in [-0.2, -0.15) is 0 Å². The maximum absolute atomic E-state index is 12.3. The van der Waals surface area contributed by atoms with Gasteiger partial charge in [0.05, 0.1) is 36.0 Å². The van der Waals surface area contributed by atoms with Crippen molar-refractivity contribution < 1.29 is 13.9 Å². The second-order valence-electron chi connectivity index (χ2n) is 8.18. The molecule has 1 saturated carbocycles. The van der Waals surface area contributed by atoms with E-state index in [4.69, 9.17) is 25.7 Å². The van der Waals surface area contributed by atoms with Crippen molar-refractivity contribution in [3.63, 3.8) is 0 Å². The van der Waals surface area contributed by atoms with Gasteiger partial charge in [-0.15, -0.1) is 0 Å². The molecule has 2 amide bonds. The average Bonchev–Trinajstić information content (AvgIpc) is 3.06. The third-order valence-corrected chi connectivity index (χ3v) is 6.60. The van der Waals surface area contributed by atoms with Gasteiger partial charge in [0, 0.05) is 18.2 Å². The number of benzene rings is 1. The first-order valence-corrected chi connectivity index (χ1v) is 10.5. The largest absolute Gasteiger partial charge is 0.439 e. The van der Waals surface area contributed by atoms with Gasteiger partial charge in [0.15, 0.2) is 5.58 Å². The second-order valence-corrected chi connectivity index (χ2v) is 8.59. The van der Waals surface area contributed by atoms with E-state index in [2.05, 4.69) is 22.5 Å². The Hall–Kier alpha value is -1.83. The number of carbonyl (C=O) groups is 1. The fourth-order valence-electron chi connectivity index (χ4n) is 4.85. The number of nitrogens with zero attached hydrogens (tertiary/aromatic N) is 2. The normalized spacial score (nSPS) is 24.8. The molecular formula is C20H25ClN4O3. The first kappa shape index (κ1) is 18.2. The first-order chi connectivity index (χ1) is 13.6. The molecule has 0 unspecified atom stereocenters. The van der Waals surface area contributed by atoms with Crippen LogP contribution in [0.5, 0.6) is 0 Å². The smallest absolute Gasteiger partial charge is 0.319 e. The maximum atomic E-state index is 12.3. The molecule has 0 radical (unpaired) electrons. The van der Waals surface area contributed by atoms with Crippen molar-refractivity contribution in [3.05, 3.63) is 22.5 Å². The van der Waals surface area contributed by atoms with Crippen LogP contribution in [0.15, 0.2) is 10.5 Å². The van der Waals surface area contributed by atoms with E-state index >= 15 is 0 Å². The zero-order valence-electron chi connectivity index (χ0n) is 16.0. The molecule has 8 heteroatoms. The lowest BCUT2D eigenvalue weighted by molar-refractivity contribution is -0.00763. The molecule has 7 nitrogen and oxygen atoms in total. The van der Waals surface area contributed by atoms with Crippen molar-refractivity contribution in [2.45, 2.75) is 57.2 Å². The average molecular weight is 405 g/mol. The Kier molecular flexibility index (Phi) is 4.49. The van der Waals surface area contributed by atoms with Gasteiger partial charge < -0.3 is 19.8 Å². The van der Waals surface area contributed by atoms with Gasteiger partial charge in [0.25, 0.3) is 0 Å². The summed E-state index contributed by atoms with van der Waals surface area (Å²) in [5.41, 5.74) is 2.69. The minimum absolute atomic E-state index is 0.197. The SMILES string of the molecule is C[C@H]1COCCN1Cc1nc2cc(Cl)c3c(c2o1)C1(CCCCC1)NC(=O)N3. The minimum atomic E-state index is -0.428. The predicted molar refractivity (Wildman–Crippen MR) is 107 cm³/mol. The third-order valence-electron chi connectivity index (χ3n) is 6.30. The Morgan fingerprint density at radius 3 is 2.96 bits per heavy atom. The van der Waals surface area contributed by atoms with Gasteiger partial charge in [0.2, 0.25) is 5.89 Å². The number of fused-ring (bicyclic) bond motifs is 4. The molecule has 2 N–H and O–H groups in total. The van der Waals surface area contributed by atoms with Crippen LogP contribution in [0.3, 0.4) is 0 Å². The van der Waals surface area contributed by atoms with Crippen molar-refractivity contribution in [2.24, 2.45) is 0 Å². The molecule has 1 aromatic carbocycles. The van der Waals surface area contributed by atoms with Gasteiger partial charge in [-0.1, -0.05) is 30.9 Å². The van der Waals surface area contributed by atoms with Crippen LogP contribution >= 0.6 is 11.6 Å². The van der Waals surface area contributed by atoms with Gasteiger partial charge >= 0.3 is 6.03 Å². The molecule has 150 valence electrons. The fourth-order valence-corrected chi connectivity index (χ4v) is 5.10. The van der Waals surface area contributed by atoms with E-state index in [1.807, 2.05) is 0 Å². The number of urea groups is 1. The van der Waals surface area contributed by atoms with Crippen LogP contribution in [0.4, 0.5) is 10.5 Å². The van der Waals surface area contributed by atoms with E-state index in [0.29, 0.717) is 29.2 Å². The molecule has 1 aromatic heterocycles. The third kappa shape index (κ3) is 2.96. The van der Waals surface area contributed by atoms with E-state index < -0.39 is 5.54 Å². The topological polar surface area (TPSA) is 79.6 Å². The highest BCUT2D eigenvalue weighted by Crippen LogP contribution is 2.48. The van der Waals surface area contributed by atoms with E-state index in [9.17, 15) is 4.79 Å². The summed E-state index contributed by atoms with van der Waals surface area (Å²) in [4.78, 5) is 19.4. The lowest BCUT2D eigenvalue weighted by Gasteiger charge is -2.42. The summed E-state index contributed by atoms with van der Waals surface area (Å²) in [5, 5.41) is 6.59. The number of anilines is 1. The number of hydrogen-bond acceptors (Lipinski definition) is 5. The number of carbonyl (C=O) groups excluding carboxylic acids is 1. The van der Waals surface area contributed by atoms with Crippen molar-refractivity contribution in [3.8, 4) is 0 Å². The predicted octanol–water partition coefficient (Wildman–Crippen LogP) is 4.00. The van der Waals surface area contributed by atoms with Crippen molar-refractivity contribution in [2.75, 3.05) is 25.1 Å². The summed E-state index contributed by atoms with van der Waals surface area (Å²) >= 11 is 6.56. The standard InChI is InChI=1S/C20H25ClN4O3/c1-12-11-27-8-7-25(12)10-15-22-14-9-13(21)17-16(18(14)28-15)20(24-19(26)23-17)5-3-2-4-6-20/h9,12H,2-8,10-11H2,1H3,(H2,23,24,26)/t12-/m0/s1. The van der Waals surface area contributed by atoms with Crippen LogP contribution in [-0.2, 0) is 16.8 Å². The van der Waals surface area contributed by atoms with Crippen molar-refractivity contribution in [1.82, 2.24) is 15.2 Å². The van der Waals surface area contributed by atoms with Crippen LogP contribution < -0.4 is 10.6 Å². The summed E-state index contributed by atoms with van der Waals surface area (Å²) in [6, 6.07) is 1.93. The van der Waals surface area contributed by atoms with E-state index in [-0.39, 0.29) is 6.03 Å². The monoisotopic (exact) mass is 404 g/mol. The van der Waals surface area contributed by atoms with Crippen LogP contribution in [0.25, 0.3) is 11.1 Å². The lowest BCUT2D eigenvalue weighted by Crippen LogP contribution is -2.52. The van der Waals surface area contributed by atoms with Gasteiger partial charge in [-0.3, -0.25) is 4.90 Å². The van der Waals surface area contributed by atoms with E-state index in [1.54, 1.807) is 6.07 Å². The molecule has 0 bridgehead atoms. The molecular weight excluding hydrogens is 380 g/mol. The lowest BCUT2D eigenvalue weighted by atomic mass is 9.74. The summed E-state index contributed by atoms with van der Waals surface area (Å²) in [7, 11) is 0. The molecule has 3 aliphatic rings. The number of oxazole rings is 1. The Bertz CT molecular complexity index is 922. The molecule has 5 rings (SSSR count). The summed E-state index contributed by atoms with van der Waals surface area (Å²) < 4.78 is 11.8.